The summed E-state index contributed by atoms with van der Waals surface area (Å²) in [5, 5.41) is 7.29. The fourth-order valence-corrected chi connectivity index (χ4v) is 9.03. The number of pyridine rings is 2. The van der Waals surface area contributed by atoms with E-state index in [1.807, 2.05) is 18.6 Å². The van der Waals surface area contributed by atoms with E-state index in [2.05, 4.69) is 178 Å². The van der Waals surface area contributed by atoms with Gasteiger partial charge < -0.3 is 4.57 Å². The first-order chi connectivity index (χ1) is 26.8. The predicted molar refractivity (Wildman–Crippen MR) is 224 cm³/mol. The van der Waals surface area contributed by atoms with Crippen LogP contribution in [0.2, 0.25) is 0 Å². The van der Waals surface area contributed by atoms with Crippen molar-refractivity contribution in [1.29, 1.82) is 0 Å². The van der Waals surface area contributed by atoms with E-state index in [0.29, 0.717) is 0 Å². The highest BCUT2D eigenvalue weighted by atomic mass is 15.1. The normalized spacial score (nSPS) is 12.1. The monoisotopic (exact) mass is 686 g/mol. The molecule has 1 aliphatic carbocycles. The molecule has 0 saturated heterocycles. The van der Waals surface area contributed by atoms with Gasteiger partial charge in [-0.2, -0.15) is 0 Å². The number of hydrogen-bond donors (Lipinski definition) is 0. The van der Waals surface area contributed by atoms with E-state index in [-0.39, 0.29) is 0 Å². The maximum atomic E-state index is 5.09. The van der Waals surface area contributed by atoms with E-state index < -0.39 is 0 Å². The topological polar surface area (TPSA) is 35.6 Å². The lowest BCUT2D eigenvalue weighted by molar-refractivity contribution is 1.09. The summed E-state index contributed by atoms with van der Waals surface area (Å²) in [5.41, 5.74) is 15.3. The second-order valence-electron chi connectivity index (χ2n) is 14.2. The van der Waals surface area contributed by atoms with Crippen LogP contribution in [0.3, 0.4) is 0 Å². The molecule has 0 amide bonds. The zero-order chi connectivity index (χ0) is 35.3. The molecule has 1 aliphatic rings. The Hall–Kier alpha value is -7.30. The number of nitrogens with zero attached hydrogens (tertiary/aromatic N) is 4. The maximum absolute atomic E-state index is 5.09. The van der Waals surface area contributed by atoms with Crippen molar-refractivity contribution in [3.8, 4) is 56.0 Å². The van der Waals surface area contributed by atoms with Crippen LogP contribution >= 0.6 is 0 Å². The molecule has 54 heavy (non-hydrogen) atoms. The molecule has 0 bridgehead atoms. The fourth-order valence-electron chi connectivity index (χ4n) is 9.03. The number of para-hydroxylation sites is 2. The Morgan fingerprint density at radius 2 is 1.02 bits per heavy atom. The van der Waals surface area contributed by atoms with Gasteiger partial charge in [0.1, 0.15) is 5.82 Å². The first-order valence-electron chi connectivity index (χ1n) is 18.4. The van der Waals surface area contributed by atoms with Crippen molar-refractivity contribution in [2.45, 2.75) is 0 Å². The molecule has 0 aliphatic heterocycles. The zero-order valence-corrected chi connectivity index (χ0v) is 29.1. The molecule has 4 heterocycles. The summed E-state index contributed by atoms with van der Waals surface area (Å²) in [5.74, 6) is 0.933. The smallest absolute Gasteiger partial charge is 0.146 e. The number of fused-ring (bicyclic) bond motifs is 9. The highest BCUT2D eigenvalue weighted by Crippen LogP contribution is 2.50. The first kappa shape index (κ1) is 29.3. The van der Waals surface area contributed by atoms with Crippen molar-refractivity contribution in [3.63, 3.8) is 0 Å². The average Bonchev–Trinajstić information content (AvgIpc) is 3.88. The summed E-state index contributed by atoms with van der Waals surface area (Å²) in [6.45, 7) is 0. The first-order valence-corrected chi connectivity index (χ1v) is 18.4. The molecule has 11 aromatic rings. The summed E-state index contributed by atoms with van der Waals surface area (Å²) >= 11 is 0. The van der Waals surface area contributed by atoms with Gasteiger partial charge in [-0.05, 0) is 88.0 Å². The SMILES string of the molecule is c1ccc(-c2cccc(-n3c4ccccc4c4cc(-c5ccc6c(c5)c5ccccc5n6-c5nccc6c5-c5cncc7cccc-6c57)ccc43)c2)cc1. The van der Waals surface area contributed by atoms with Crippen LogP contribution in [0.1, 0.15) is 0 Å². The molecule has 0 atom stereocenters. The van der Waals surface area contributed by atoms with Gasteiger partial charge in [-0.15, -0.1) is 0 Å². The van der Waals surface area contributed by atoms with Gasteiger partial charge in [-0.1, -0.05) is 109 Å². The second kappa shape index (κ2) is 11.1. The summed E-state index contributed by atoms with van der Waals surface area (Å²) in [6, 6.07) is 59.4. The molecule has 7 aromatic carbocycles. The van der Waals surface area contributed by atoms with Crippen LogP contribution < -0.4 is 0 Å². The minimum absolute atomic E-state index is 0.933. The van der Waals surface area contributed by atoms with Gasteiger partial charge in [0, 0.05) is 67.7 Å². The Bertz CT molecular complexity index is 3330. The van der Waals surface area contributed by atoms with E-state index in [4.69, 9.17) is 4.98 Å². The standard InChI is InChI=1S/C50H30N4/c1-2-10-31(11-3-1)32-12-8-14-36(26-32)53-44-18-6-4-15-37(44)41-27-33(20-22-46(41)53)34-21-23-47-42(28-34)38-16-5-7-19-45(38)54(47)50-49-40(24-25-52-50)39-17-9-13-35-29-51-30-43(49)48(35)39/h1-30H. The minimum Gasteiger partial charge on any atom is -0.309 e. The molecule has 4 nitrogen and oxygen atoms in total. The Balaban J connectivity index is 1.04. The molecule has 0 radical (unpaired) electrons. The lowest BCUT2D eigenvalue weighted by Crippen LogP contribution is -2.00. The van der Waals surface area contributed by atoms with Crippen molar-refractivity contribution in [3.05, 3.63) is 182 Å². The van der Waals surface area contributed by atoms with E-state index in [1.165, 1.54) is 71.3 Å². The summed E-state index contributed by atoms with van der Waals surface area (Å²) in [7, 11) is 0. The molecular formula is C50H30N4. The predicted octanol–water partition coefficient (Wildman–Crippen LogP) is 12.8. The Morgan fingerprint density at radius 1 is 0.389 bits per heavy atom. The highest BCUT2D eigenvalue weighted by molar-refractivity contribution is 6.18. The van der Waals surface area contributed by atoms with Gasteiger partial charge in [-0.25, -0.2) is 4.98 Å². The highest BCUT2D eigenvalue weighted by Gasteiger charge is 2.27. The Kier molecular flexibility index (Phi) is 6.02. The summed E-state index contributed by atoms with van der Waals surface area (Å²) < 4.78 is 4.75. The van der Waals surface area contributed by atoms with Gasteiger partial charge in [-0.3, -0.25) is 9.55 Å². The number of aromatic nitrogens is 4. The quantitative estimate of drug-likeness (QED) is 0.185. The Labute approximate surface area is 310 Å². The molecule has 12 rings (SSSR count). The van der Waals surface area contributed by atoms with Crippen LogP contribution in [0.15, 0.2) is 182 Å². The molecule has 0 saturated carbocycles. The Morgan fingerprint density at radius 3 is 1.80 bits per heavy atom. The molecular weight excluding hydrogens is 657 g/mol. The number of hydrogen-bond acceptors (Lipinski definition) is 2. The third-order valence-corrected chi connectivity index (χ3v) is 11.4. The second-order valence-corrected chi connectivity index (χ2v) is 14.2. The fraction of sp³-hybridized carbons (Fsp3) is 0. The van der Waals surface area contributed by atoms with Gasteiger partial charge >= 0.3 is 0 Å². The third kappa shape index (κ3) is 4.08. The van der Waals surface area contributed by atoms with Crippen molar-refractivity contribution in [2.24, 2.45) is 0 Å². The largest absolute Gasteiger partial charge is 0.309 e. The van der Waals surface area contributed by atoms with Gasteiger partial charge in [0.2, 0.25) is 0 Å². The van der Waals surface area contributed by atoms with E-state index in [1.54, 1.807) is 0 Å². The molecule has 4 aromatic heterocycles. The number of benzene rings is 7. The lowest BCUT2D eigenvalue weighted by atomic mass is 10.0. The van der Waals surface area contributed by atoms with Crippen LogP contribution in [0.4, 0.5) is 0 Å². The zero-order valence-electron chi connectivity index (χ0n) is 29.1. The van der Waals surface area contributed by atoms with Crippen LogP contribution in [-0.4, -0.2) is 19.1 Å². The van der Waals surface area contributed by atoms with Crippen LogP contribution in [0.25, 0.3) is 110 Å². The van der Waals surface area contributed by atoms with Crippen molar-refractivity contribution in [1.82, 2.24) is 19.1 Å². The summed E-state index contributed by atoms with van der Waals surface area (Å²) in [4.78, 5) is 9.73. The average molecular weight is 687 g/mol. The van der Waals surface area contributed by atoms with Crippen molar-refractivity contribution >= 4 is 54.4 Å². The molecule has 0 fully saturated rings. The molecule has 4 heteroatoms. The number of rotatable bonds is 4. The van der Waals surface area contributed by atoms with Crippen molar-refractivity contribution < 1.29 is 0 Å². The molecule has 0 unspecified atom stereocenters. The van der Waals surface area contributed by atoms with Gasteiger partial charge in [0.25, 0.3) is 0 Å². The summed E-state index contributed by atoms with van der Waals surface area (Å²) in [6.07, 6.45) is 5.91. The van der Waals surface area contributed by atoms with E-state index in [0.717, 1.165) is 39.1 Å². The molecule has 0 spiro atoms. The molecule has 250 valence electrons. The van der Waals surface area contributed by atoms with Crippen molar-refractivity contribution in [2.75, 3.05) is 0 Å². The van der Waals surface area contributed by atoms with E-state index >= 15 is 0 Å². The minimum atomic E-state index is 0.933. The third-order valence-electron chi connectivity index (χ3n) is 11.4. The van der Waals surface area contributed by atoms with Crippen LogP contribution in [0.5, 0.6) is 0 Å². The molecule has 0 N–H and O–H groups in total. The lowest BCUT2D eigenvalue weighted by Gasteiger charge is -2.13. The van der Waals surface area contributed by atoms with Gasteiger partial charge in [0.05, 0.1) is 22.1 Å². The van der Waals surface area contributed by atoms with Gasteiger partial charge in [0.15, 0.2) is 0 Å². The maximum Gasteiger partial charge on any atom is 0.146 e. The van der Waals surface area contributed by atoms with Crippen LogP contribution in [0, 0.1) is 0 Å². The van der Waals surface area contributed by atoms with E-state index in [9.17, 15) is 0 Å². The van der Waals surface area contributed by atoms with Crippen LogP contribution in [-0.2, 0) is 0 Å².